The molecule has 2 fully saturated rings. The molecule has 2 saturated carbocycles. The Kier molecular flexibility index (Phi) is 5.26. The third-order valence-electron chi connectivity index (χ3n) is 4.69. The fourth-order valence-electron chi connectivity index (χ4n) is 3.33. The normalized spacial score (nSPS) is 30.5. The van der Waals surface area contributed by atoms with Crippen LogP contribution in [0.3, 0.4) is 0 Å². The maximum atomic E-state index is 9.03. The van der Waals surface area contributed by atoms with Crippen LogP contribution >= 0.6 is 0 Å². The maximum Gasteiger partial charge on any atom is 0.0443 e. The molecule has 3 nitrogen and oxygen atoms in total. The molecular weight excluding hydrogens is 212 g/mol. The van der Waals surface area contributed by atoms with E-state index < -0.39 is 0 Å². The van der Waals surface area contributed by atoms with Gasteiger partial charge in [0.1, 0.15) is 0 Å². The van der Waals surface area contributed by atoms with Crippen molar-refractivity contribution >= 4 is 0 Å². The molecule has 0 aromatic heterocycles. The zero-order valence-corrected chi connectivity index (χ0v) is 11.2. The number of nitrogens with one attached hydrogen (secondary N) is 1. The van der Waals surface area contributed by atoms with E-state index >= 15 is 0 Å². The van der Waals surface area contributed by atoms with E-state index in [1.165, 1.54) is 44.9 Å². The second-order valence-electron chi connectivity index (χ2n) is 5.69. The zero-order chi connectivity index (χ0) is 12.1. The minimum absolute atomic E-state index is 0.342. The molecule has 2 rings (SSSR count). The predicted molar refractivity (Wildman–Crippen MR) is 71.2 cm³/mol. The molecule has 17 heavy (non-hydrogen) atoms. The van der Waals surface area contributed by atoms with Gasteiger partial charge in [-0.05, 0) is 52.0 Å². The van der Waals surface area contributed by atoms with Crippen LogP contribution in [0.25, 0.3) is 0 Å². The molecule has 2 aliphatic carbocycles. The SMILES string of the molecule is CNC1CCC(N(CCCO)C2CCC2)CC1. The minimum atomic E-state index is 0.342. The van der Waals surface area contributed by atoms with Gasteiger partial charge in [0.25, 0.3) is 0 Å². The molecule has 2 aliphatic rings. The van der Waals surface area contributed by atoms with Gasteiger partial charge < -0.3 is 10.4 Å². The van der Waals surface area contributed by atoms with E-state index in [2.05, 4.69) is 17.3 Å². The van der Waals surface area contributed by atoms with Crippen LogP contribution in [0.5, 0.6) is 0 Å². The smallest absolute Gasteiger partial charge is 0.0443 e. The fraction of sp³-hybridized carbons (Fsp3) is 1.00. The third-order valence-corrected chi connectivity index (χ3v) is 4.69. The predicted octanol–water partition coefficient (Wildman–Crippen LogP) is 1.75. The Labute approximate surface area is 106 Å². The van der Waals surface area contributed by atoms with Crippen LogP contribution in [0.1, 0.15) is 51.4 Å². The average molecular weight is 240 g/mol. The molecular formula is C14H28N2O. The Hall–Kier alpha value is -0.120. The fourth-order valence-corrected chi connectivity index (χ4v) is 3.33. The molecule has 0 atom stereocenters. The summed E-state index contributed by atoms with van der Waals surface area (Å²) >= 11 is 0. The van der Waals surface area contributed by atoms with Crippen molar-refractivity contribution in [2.45, 2.75) is 69.5 Å². The van der Waals surface area contributed by atoms with E-state index in [9.17, 15) is 0 Å². The van der Waals surface area contributed by atoms with Crippen LogP contribution in [-0.2, 0) is 0 Å². The lowest BCUT2D eigenvalue weighted by Gasteiger charge is -2.45. The first-order chi connectivity index (χ1) is 8.35. The van der Waals surface area contributed by atoms with Crippen molar-refractivity contribution in [2.75, 3.05) is 20.2 Å². The monoisotopic (exact) mass is 240 g/mol. The molecule has 0 unspecified atom stereocenters. The first-order valence-electron chi connectivity index (χ1n) is 7.39. The molecule has 0 heterocycles. The van der Waals surface area contributed by atoms with E-state index in [1.54, 1.807) is 0 Å². The Balaban J connectivity index is 1.82. The molecule has 0 aromatic rings. The topological polar surface area (TPSA) is 35.5 Å². The van der Waals surface area contributed by atoms with Gasteiger partial charge in [-0.3, -0.25) is 4.90 Å². The molecule has 0 aromatic carbocycles. The highest BCUT2D eigenvalue weighted by molar-refractivity contribution is 4.88. The Morgan fingerprint density at radius 3 is 2.18 bits per heavy atom. The van der Waals surface area contributed by atoms with Crippen LogP contribution in [0.4, 0.5) is 0 Å². The summed E-state index contributed by atoms with van der Waals surface area (Å²) in [5.41, 5.74) is 0. The van der Waals surface area contributed by atoms with Gasteiger partial charge in [0.2, 0.25) is 0 Å². The van der Waals surface area contributed by atoms with Gasteiger partial charge in [0.05, 0.1) is 0 Å². The van der Waals surface area contributed by atoms with Crippen molar-refractivity contribution in [3.63, 3.8) is 0 Å². The van der Waals surface area contributed by atoms with Gasteiger partial charge in [-0.15, -0.1) is 0 Å². The molecule has 0 saturated heterocycles. The third kappa shape index (κ3) is 3.43. The number of aliphatic hydroxyl groups excluding tert-OH is 1. The highest BCUT2D eigenvalue weighted by atomic mass is 16.3. The lowest BCUT2D eigenvalue weighted by Crippen LogP contribution is -2.49. The second kappa shape index (κ2) is 6.72. The van der Waals surface area contributed by atoms with E-state index in [0.29, 0.717) is 6.61 Å². The quantitative estimate of drug-likeness (QED) is 0.742. The van der Waals surface area contributed by atoms with Gasteiger partial charge in [-0.1, -0.05) is 6.42 Å². The summed E-state index contributed by atoms with van der Waals surface area (Å²) in [6.45, 7) is 1.45. The van der Waals surface area contributed by atoms with Crippen molar-refractivity contribution in [3.8, 4) is 0 Å². The largest absolute Gasteiger partial charge is 0.396 e. The summed E-state index contributed by atoms with van der Waals surface area (Å²) in [5.74, 6) is 0. The number of nitrogens with zero attached hydrogens (tertiary/aromatic N) is 1. The number of rotatable bonds is 6. The van der Waals surface area contributed by atoms with Crippen LogP contribution in [0.15, 0.2) is 0 Å². The highest BCUT2D eigenvalue weighted by Gasteiger charge is 2.32. The Bertz CT molecular complexity index is 210. The second-order valence-corrected chi connectivity index (χ2v) is 5.69. The lowest BCUT2D eigenvalue weighted by atomic mass is 9.85. The van der Waals surface area contributed by atoms with E-state index in [-0.39, 0.29) is 0 Å². The summed E-state index contributed by atoms with van der Waals surface area (Å²) in [7, 11) is 2.08. The van der Waals surface area contributed by atoms with E-state index in [0.717, 1.165) is 31.1 Å². The van der Waals surface area contributed by atoms with Crippen molar-refractivity contribution in [2.24, 2.45) is 0 Å². The summed E-state index contributed by atoms with van der Waals surface area (Å²) < 4.78 is 0. The van der Waals surface area contributed by atoms with E-state index in [4.69, 9.17) is 5.11 Å². The molecule has 0 radical (unpaired) electrons. The summed E-state index contributed by atoms with van der Waals surface area (Å²) in [4.78, 5) is 2.71. The first-order valence-corrected chi connectivity index (χ1v) is 7.39. The van der Waals surface area contributed by atoms with Crippen molar-refractivity contribution in [3.05, 3.63) is 0 Å². The molecule has 2 N–H and O–H groups in total. The van der Waals surface area contributed by atoms with Gasteiger partial charge in [-0.25, -0.2) is 0 Å². The standard InChI is InChI=1S/C14H28N2O/c1-15-12-6-8-14(9-7-12)16(10-3-11-17)13-4-2-5-13/h12-15,17H,2-11H2,1H3. The van der Waals surface area contributed by atoms with Crippen LogP contribution < -0.4 is 5.32 Å². The zero-order valence-electron chi connectivity index (χ0n) is 11.2. The first kappa shape index (κ1) is 13.3. The molecule has 100 valence electrons. The van der Waals surface area contributed by atoms with Crippen LogP contribution in [0.2, 0.25) is 0 Å². The number of hydrogen-bond acceptors (Lipinski definition) is 3. The molecule has 0 spiro atoms. The van der Waals surface area contributed by atoms with Crippen molar-refractivity contribution in [1.29, 1.82) is 0 Å². The maximum absolute atomic E-state index is 9.03. The Morgan fingerprint density at radius 1 is 1.06 bits per heavy atom. The Morgan fingerprint density at radius 2 is 1.71 bits per heavy atom. The molecule has 3 heteroatoms. The average Bonchev–Trinajstić information content (AvgIpc) is 2.32. The number of hydrogen-bond donors (Lipinski definition) is 2. The van der Waals surface area contributed by atoms with Gasteiger partial charge in [0.15, 0.2) is 0 Å². The van der Waals surface area contributed by atoms with Crippen LogP contribution in [-0.4, -0.2) is 48.3 Å². The lowest BCUT2D eigenvalue weighted by molar-refractivity contribution is 0.0496. The number of aliphatic hydroxyl groups is 1. The van der Waals surface area contributed by atoms with Gasteiger partial charge in [-0.2, -0.15) is 0 Å². The van der Waals surface area contributed by atoms with Crippen molar-refractivity contribution < 1.29 is 5.11 Å². The molecule has 0 aliphatic heterocycles. The van der Waals surface area contributed by atoms with Crippen molar-refractivity contribution in [1.82, 2.24) is 10.2 Å². The van der Waals surface area contributed by atoms with E-state index in [1.807, 2.05) is 0 Å². The highest BCUT2D eigenvalue weighted by Crippen LogP contribution is 2.31. The van der Waals surface area contributed by atoms with Gasteiger partial charge >= 0.3 is 0 Å². The van der Waals surface area contributed by atoms with Gasteiger partial charge in [0, 0.05) is 31.3 Å². The summed E-state index contributed by atoms with van der Waals surface area (Å²) in [5, 5.41) is 12.4. The molecule has 0 bridgehead atoms. The van der Waals surface area contributed by atoms with Crippen LogP contribution in [0, 0.1) is 0 Å². The molecule has 0 amide bonds. The summed E-state index contributed by atoms with van der Waals surface area (Å²) in [6, 6.07) is 2.36. The summed E-state index contributed by atoms with van der Waals surface area (Å²) in [6.07, 6.45) is 10.5. The minimum Gasteiger partial charge on any atom is -0.396 e.